The van der Waals surface area contributed by atoms with Gasteiger partial charge in [0.2, 0.25) is 0 Å². The first-order chi connectivity index (χ1) is 11.0. The van der Waals surface area contributed by atoms with Crippen LogP contribution in [0, 0.1) is 0 Å². The Bertz CT molecular complexity index is 727. The molecule has 0 bridgehead atoms. The minimum Gasteiger partial charge on any atom is -0.464 e. The van der Waals surface area contributed by atoms with Crippen LogP contribution in [-0.4, -0.2) is 35.4 Å². The molecule has 0 saturated heterocycles. The van der Waals surface area contributed by atoms with Gasteiger partial charge in [0.25, 0.3) is 0 Å². The zero-order valence-corrected chi connectivity index (χ0v) is 14.7. The molecular weight excluding hydrogens is 364 g/mol. The number of hydrogen-bond acceptors (Lipinski definition) is 5. The average molecular weight is 381 g/mol. The zero-order valence-electron chi connectivity index (χ0n) is 13.1. The third kappa shape index (κ3) is 3.79. The van der Waals surface area contributed by atoms with Crippen LogP contribution >= 0.6 is 15.9 Å². The summed E-state index contributed by atoms with van der Waals surface area (Å²) < 4.78 is 12.1. The van der Waals surface area contributed by atoms with Crippen LogP contribution in [0.4, 0.5) is 0 Å². The molecule has 0 aliphatic carbocycles. The molecule has 0 aliphatic heterocycles. The molecule has 1 unspecified atom stereocenters. The number of methoxy groups -OCH3 is 1. The second kappa shape index (κ2) is 7.41. The fourth-order valence-corrected chi connectivity index (χ4v) is 2.52. The van der Waals surface area contributed by atoms with Crippen molar-refractivity contribution in [2.24, 2.45) is 0 Å². The van der Waals surface area contributed by atoms with Gasteiger partial charge in [-0.2, -0.15) is 5.10 Å². The molecule has 1 aromatic carbocycles. The van der Waals surface area contributed by atoms with Gasteiger partial charge in [0, 0.05) is 10.0 Å². The van der Waals surface area contributed by atoms with Crippen molar-refractivity contribution in [1.29, 1.82) is 0 Å². The van der Waals surface area contributed by atoms with Gasteiger partial charge in [-0.3, -0.25) is 0 Å². The van der Waals surface area contributed by atoms with E-state index in [0.717, 1.165) is 10.0 Å². The smallest absolute Gasteiger partial charge is 0.358 e. The molecule has 23 heavy (non-hydrogen) atoms. The molecule has 0 aliphatic rings. The molecule has 0 N–H and O–H groups in total. The Morgan fingerprint density at radius 2 is 2.09 bits per heavy atom. The Hall–Kier alpha value is -2.15. The van der Waals surface area contributed by atoms with Crippen LogP contribution < -0.4 is 0 Å². The molecule has 1 heterocycles. The number of rotatable bonds is 5. The van der Waals surface area contributed by atoms with Gasteiger partial charge in [0.05, 0.1) is 19.4 Å². The second-order valence-electron chi connectivity index (χ2n) is 4.79. The molecular formula is C16H17BrN2O4. The summed E-state index contributed by atoms with van der Waals surface area (Å²) in [6, 6.07) is 8.44. The number of esters is 2. The largest absolute Gasteiger partial charge is 0.464 e. The van der Waals surface area contributed by atoms with E-state index in [1.807, 2.05) is 24.3 Å². The normalized spacial score (nSPS) is 11.8. The Kier molecular flexibility index (Phi) is 5.54. The van der Waals surface area contributed by atoms with E-state index in [2.05, 4.69) is 21.0 Å². The Morgan fingerprint density at radius 1 is 1.35 bits per heavy atom. The molecule has 1 atom stereocenters. The number of halogens is 1. The highest BCUT2D eigenvalue weighted by Crippen LogP contribution is 2.27. The lowest BCUT2D eigenvalue weighted by atomic mass is 10.1. The van der Waals surface area contributed by atoms with Crippen molar-refractivity contribution in [1.82, 2.24) is 9.78 Å². The summed E-state index contributed by atoms with van der Waals surface area (Å²) >= 11 is 3.41. The van der Waals surface area contributed by atoms with Gasteiger partial charge in [-0.1, -0.05) is 28.1 Å². The van der Waals surface area contributed by atoms with Crippen LogP contribution in [-0.2, 0) is 14.3 Å². The van der Waals surface area contributed by atoms with Crippen molar-refractivity contribution in [3.05, 3.63) is 40.5 Å². The molecule has 0 radical (unpaired) electrons. The fourth-order valence-electron chi connectivity index (χ4n) is 2.12. The maximum absolute atomic E-state index is 12.0. The lowest BCUT2D eigenvalue weighted by Crippen LogP contribution is -2.21. The molecule has 122 valence electrons. The molecule has 0 amide bonds. The highest BCUT2D eigenvalue weighted by atomic mass is 79.9. The minimum absolute atomic E-state index is 0.138. The first-order valence-corrected chi connectivity index (χ1v) is 7.87. The number of hydrogen-bond donors (Lipinski definition) is 0. The van der Waals surface area contributed by atoms with E-state index < -0.39 is 18.0 Å². The van der Waals surface area contributed by atoms with Crippen molar-refractivity contribution in [3.63, 3.8) is 0 Å². The van der Waals surface area contributed by atoms with E-state index in [1.54, 1.807) is 19.9 Å². The van der Waals surface area contributed by atoms with Gasteiger partial charge in [0.1, 0.15) is 6.04 Å². The van der Waals surface area contributed by atoms with Crippen molar-refractivity contribution < 1.29 is 19.1 Å². The quantitative estimate of drug-likeness (QED) is 0.744. The lowest BCUT2D eigenvalue weighted by Gasteiger charge is -2.14. The molecule has 6 nitrogen and oxygen atoms in total. The van der Waals surface area contributed by atoms with Crippen molar-refractivity contribution in [2.45, 2.75) is 19.9 Å². The second-order valence-corrected chi connectivity index (χ2v) is 5.71. The van der Waals surface area contributed by atoms with E-state index in [9.17, 15) is 9.59 Å². The van der Waals surface area contributed by atoms with Gasteiger partial charge >= 0.3 is 11.9 Å². The Balaban J connectivity index is 2.52. The maximum atomic E-state index is 12.0. The SMILES string of the molecule is CCOC(=O)C(C)n1nc(C(=O)OC)cc1-c1cccc(Br)c1. The number of ether oxygens (including phenoxy) is 2. The summed E-state index contributed by atoms with van der Waals surface area (Å²) in [6.07, 6.45) is 0. The summed E-state index contributed by atoms with van der Waals surface area (Å²) in [7, 11) is 1.29. The van der Waals surface area contributed by atoms with E-state index in [-0.39, 0.29) is 12.3 Å². The van der Waals surface area contributed by atoms with Crippen LogP contribution in [0.15, 0.2) is 34.8 Å². The molecule has 2 aromatic rings. The van der Waals surface area contributed by atoms with Crippen LogP contribution in [0.2, 0.25) is 0 Å². The van der Waals surface area contributed by atoms with Crippen molar-refractivity contribution >= 4 is 27.9 Å². The monoisotopic (exact) mass is 380 g/mol. The third-order valence-electron chi connectivity index (χ3n) is 3.25. The lowest BCUT2D eigenvalue weighted by molar-refractivity contribution is -0.146. The minimum atomic E-state index is -0.665. The number of carbonyl (C=O) groups is 2. The zero-order chi connectivity index (χ0) is 17.0. The molecule has 7 heteroatoms. The number of benzene rings is 1. The predicted molar refractivity (Wildman–Crippen MR) is 88.0 cm³/mol. The Morgan fingerprint density at radius 3 is 2.70 bits per heavy atom. The van der Waals surface area contributed by atoms with Gasteiger partial charge < -0.3 is 9.47 Å². The summed E-state index contributed by atoms with van der Waals surface area (Å²) in [4.78, 5) is 23.8. The topological polar surface area (TPSA) is 70.4 Å². The average Bonchev–Trinajstić information content (AvgIpc) is 2.98. The molecule has 2 rings (SSSR count). The first-order valence-electron chi connectivity index (χ1n) is 7.08. The fraction of sp³-hybridized carbons (Fsp3) is 0.312. The predicted octanol–water partition coefficient (Wildman–Crippen LogP) is 3.22. The van der Waals surface area contributed by atoms with Crippen LogP contribution in [0.3, 0.4) is 0 Å². The van der Waals surface area contributed by atoms with Crippen molar-refractivity contribution in [2.75, 3.05) is 13.7 Å². The highest BCUT2D eigenvalue weighted by molar-refractivity contribution is 9.10. The standard InChI is InChI=1S/C16H17BrN2O4/c1-4-23-15(20)10(2)19-14(9-13(18-19)16(21)22-3)11-6-5-7-12(17)8-11/h5-10H,4H2,1-3H3. The molecule has 0 saturated carbocycles. The Labute approximate surface area is 142 Å². The summed E-state index contributed by atoms with van der Waals surface area (Å²) in [6.45, 7) is 3.69. The summed E-state index contributed by atoms with van der Waals surface area (Å²) in [5.41, 5.74) is 1.59. The van der Waals surface area contributed by atoms with E-state index >= 15 is 0 Å². The van der Waals surface area contributed by atoms with Gasteiger partial charge in [-0.05, 0) is 32.0 Å². The first kappa shape index (κ1) is 17.2. The van der Waals surface area contributed by atoms with Crippen LogP contribution in [0.1, 0.15) is 30.4 Å². The van der Waals surface area contributed by atoms with Gasteiger partial charge in [-0.25, -0.2) is 14.3 Å². The van der Waals surface area contributed by atoms with Crippen molar-refractivity contribution in [3.8, 4) is 11.3 Å². The van der Waals surface area contributed by atoms with Gasteiger partial charge in [-0.15, -0.1) is 0 Å². The van der Waals surface area contributed by atoms with Crippen LogP contribution in [0.25, 0.3) is 11.3 Å². The molecule has 1 aromatic heterocycles. The third-order valence-corrected chi connectivity index (χ3v) is 3.74. The highest BCUT2D eigenvalue weighted by Gasteiger charge is 2.24. The van der Waals surface area contributed by atoms with Gasteiger partial charge in [0.15, 0.2) is 5.69 Å². The van der Waals surface area contributed by atoms with E-state index in [4.69, 9.17) is 9.47 Å². The summed E-state index contributed by atoms with van der Waals surface area (Å²) in [5, 5.41) is 4.22. The van der Waals surface area contributed by atoms with Crippen LogP contribution in [0.5, 0.6) is 0 Å². The number of aromatic nitrogens is 2. The maximum Gasteiger partial charge on any atom is 0.358 e. The number of carbonyl (C=O) groups excluding carboxylic acids is 2. The van der Waals surface area contributed by atoms with E-state index in [1.165, 1.54) is 11.8 Å². The molecule has 0 spiro atoms. The van der Waals surface area contributed by atoms with E-state index in [0.29, 0.717) is 5.69 Å². The summed E-state index contributed by atoms with van der Waals surface area (Å²) in [5.74, 6) is -0.973. The number of nitrogens with zero attached hydrogens (tertiary/aromatic N) is 2. The molecule has 0 fully saturated rings.